The zero-order valence-corrected chi connectivity index (χ0v) is 10.9. The molecule has 1 fully saturated rings. The summed E-state index contributed by atoms with van der Waals surface area (Å²) in [6.07, 6.45) is 1.02. The molecule has 102 valence electrons. The number of carbonyl (C=O) groups is 1. The molecular weight excluding hydrogens is 270 g/mol. The lowest BCUT2D eigenvalue weighted by atomic mass is 10.1. The Bertz CT molecular complexity index is 501. The van der Waals surface area contributed by atoms with E-state index in [2.05, 4.69) is 10.6 Å². The van der Waals surface area contributed by atoms with Crippen LogP contribution < -0.4 is 10.6 Å². The molecule has 2 rings (SSSR count). The van der Waals surface area contributed by atoms with Crippen molar-refractivity contribution < 1.29 is 9.72 Å². The Hall–Kier alpha value is -1.66. The second-order valence-electron chi connectivity index (χ2n) is 4.52. The molecule has 2 N–H and O–H groups in total. The van der Waals surface area contributed by atoms with Gasteiger partial charge in [0.1, 0.15) is 0 Å². The topological polar surface area (TPSA) is 84.3 Å². The summed E-state index contributed by atoms with van der Waals surface area (Å²) in [5.74, 6) is 0.0793. The summed E-state index contributed by atoms with van der Waals surface area (Å²) in [5.41, 5.74) is 0.0327. The van der Waals surface area contributed by atoms with Crippen molar-refractivity contribution in [3.63, 3.8) is 0 Å². The third-order valence-electron chi connectivity index (χ3n) is 3.07. The second-order valence-corrected chi connectivity index (χ2v) is 4.96. The first-order chi connectivity index (χ1) is 9.06. The van der Waals surface area contributed by atoms with Crippen molar-refractivity contribution in [2.75, 3.05) is 19.6 Å². The number of halogens is 1. The Kier molecular flexibility index (Phi) is 4.34. The number of hydrogen-bond donors (Lipinski definition) is 2. The predicted octanol–water partition coefficient (Wildman–Crippen LogP) is 1.59. The maximum absolute atomic E-state index is 11.9. The minimum atomic E-state index is -0.566. The number of rotatable bonds is 4. The van der Waals surface area contributed by atoms with Crippen molar-refractivity contribution in [2.24, 2.45) is 5.92 Å². The molecule has 0 radical (unpaired) electrons. The number of carbonyl (C=O) groups excluding carboxylic acids is 1. The van der Waals surface area contributed by atoms with Gasteiger partial charge in [-0.15, -0.1) is 0 Å². The van der Waals surface area contributed by atoms with E-state index in [4.69, 9.17) is 11.6 Å². The highest BCUT2D eigenvalue weighted by Gasteiger charge is 2.17. The molecule has 0 spiro atoms. The first-order valence-electron chi connectivity index (χ1n) is 6.00. The standard InChI is InChI=1S/C12H14ClN3O3/c13-10-3-9(4-11(5-10)16(18)19)12(17)15-7-8-1-2-14-6-8/h3-5,8,14H,1-2,6-7H2,(H,15,17). The lowest BCUT2D eigenvalue weighted by Gasteiger charge is -2.10. The molecule has 1 unspecified atom stereocenters. The number of nitrogens with zero attached hydrogens (tertiary/aromatic N) is 1. The van der Waals surface area contributed by atoms with Crippen molar-refractivity contribution in [3.8, 4) is 0 Å². The van der Waals surface area contributed by atoms with Gasteiger partial charge in [-0.05, 0) is 31.5 Å². The smallest absolute Gasteiger partial charge is 0.271 e. The average molecular weight is 284 g/mol. The summed E-state index contributed by atoms with van der Waals surface area (Å²) < 4.78 is 0. The van der Waals surface area contributed by atoms with Crippen LogP contribution in [0.2, 0.25) is 5.02 Å². The van der Waals surface area contributed by atoms with E-state index >= 15 is 0 Å². The van der Waals surface area contributed by atoms with E-state index in [1.165, 1.54) is 18.2 Å². The van der Waals surface area contributed by atoms with Crippen LogP contribution >= 0.6 is 11.6 Å². The number of hydrogen-bond acceptors (Lipinski definition) is 4. The number of nitrogens with one attached hydrogen (secondary N) is 2. The van der Waals surface area contributed by atoms with Crippen LogP contribution in [-0.4, -0.2) is 30.5 Å². The molecular formula is C12H14ClN3O3. The van der Waals surface area contributed by atoms with Crippen LogP contribution in [0.4, 0.5) is 5.69 Å². The molecule has 1 amide bonds. The van der Waals surface area contributed by atoms with Crippen molar-refractivity contribution in [2.45, 2.75) is 6.42 Å². The van der Waals surface area contributed by atoms with Crippen molar-refractivity contribution in [1.82, 2.24) is 10.6 Å². The Labute approximate surface area is 115 Å². The van der Waals surface area contributed by atoms with E-state index in [-0.39, 0.29) is 22.2 Å². The molecule has 7 heteroatoms. The number of benzene rings is 1. The third-order valence-corrected chi connectivity index (χ3v) is 3.29. The summed E-state index contributed by atoms with van der Waals surface area (Å²) in [6, 6.07) is 3.88. The largest absolute Gasteiger partial charge is 0.352 e. The normalized spacial score (nSPS) is 18.3. The van der Waals surface area contributed by atoms with E-state index < -0.39 is 4.92 Å². The number of amides is 1. The molecule has 0 aromatic heterocycles. The summed E-state index contributed by atoms with van der Waals surface area (Å²) in [7, 11) is 0. The van der Waals surface area contributed by atoms with Crippen LogP contribution in [0.5, 0.6) is 0 Å². The third kappa shape index (κ3) is 3.65. The van der Waals surface area contributed by atoms with Crippen LogP contribution in [0.25, 0.3) is 0 Å². The van der Waals surface area contributed by atoms with Gasteiger partial charge in [0.2, 0.25) is 0 Å². The predicted molar refractivity (Wildman–Crippen MR) is 71.4 cm³/mol. The zero-order chi connectivity index (χ0) is 13.8. The van der Waals surface area contributed by atoms with Gasteiger partial charge in [-0.2, -0.15) is 0 Å². The first-order valence-corrected chi connectivity index (χ1v) is 6.38. The minimum Gasteiger partial charge on any atom is -0.352 e. The molecule has 1 heterocycles. The van der Waals surface area contributed by atoms with E-state index in [1.807, 2.05) is 0 Å². The Morgan fingerprint density at radius 3 is 2.95 bits per heavy atom. The monoisotopic (exact) mass is 283 g/mol. The number of non-ortho nitro benzene ring substituents is 1. The highest BCUT2D eigenvalue weighted by Crippen LogP contribution is 2.20. The van der Waals surface area contributed by atoms with E-state index in [1.54, 1.807) is 0 Å². The van der Waals surface area contributed by atoms with Gasteiger partial charge < -0.3 is 10.6 Å². The van der Waals surface area contributed by atoms with Crippen LogP contribution in [-0.2, 0) is 0 Å². The van der Waals surface area contributed by atoms with Crippen molar-refractivity contribution in [3.05, 3.63) is 38.9 Å². The fraction of sp³-hybridized carbons (Fsp3) is 0.417. The van der Waals surface area contributed by atoms with Gasteiger partial charge in [-0.25, -0.2) is 0 Å². The highest BCUT2D eigenvalue weighted by atomic mass is 35.5. The van der Waals surface area contributed by atoms with Crippen molar-refractivity contribution >= 4 is 23.2 Å². The number of nitro groups is 1. The maximum Gasteiger partial charge on any atom is 0.271 e. The Morgan fingerprint density at radius 1 is 1.53 bits per heavy atom. The van der Waals surface area contributed by atoms with Crippen molar-refractivity contribution in [1.29, 1.82) is 0 Å². The lowest BCUT2D eigenvalue weighted by molar-refractivity contribution is -0.384. The van der Waals surface area contributed by atoms with Gasteiger partial charge in [0.05, 0.1) is 4.92 Å². The fourth-order valence-corrected chi connectivity index (χ4v) is 2.27. The molecule has 0 aliphatic carbocycles. The van der Waals surface area contributed by atoms with Crippen LogP contribution in [0.15, 0.2) is 18.2 Å². The zero-order valence-electron chi connectivity index (χ0n) is 10.2. The fourth-order valence-electron chi connectivity index (χ4n) is 2.04. The maximum atomic E-state index is 11.9. The second kappa shape index (κ2) is 5.99. The van der Waals surface area contributed by atoms with Crippen LogP contribution in [0.1, 0.15) is 16.8 Å². The lowest BCUT2D eigenvalue weighted by Crippen LogP contribution is -2.30. The molecule has 1 aromatic carbocycles. The van der Waals surface area contributed by atoms with Gasteiger partial charge in [-0.1, -0.05) is 11.6 Å². The summed E-state index contributed by atoms with van der Waals surface area (Å²) in [6.45, 7) is 2.41. The van der Waals surface area contributed by atoms with Gasteiger partial charge in [0.25, 0.3) is 11.6 Å². The van der Waals surface area contributed by atoms with Crippen LogP contribution in [0.3, 0.4) is 0 Å². The quantitative estimate of drug-likeness (QED) is 0.649. The Balaban J connectivity index is 2.03. The SMILES string of the molecule is O=C(NCC1CCNC1)c1cc(Cl)cc([N+](=O)[O-])c1. The van der Waals surface area contributed by atoms with Gasteiger partial charge >= 0.3 is 0 Å². The van der Waals surface area contributed by atoms with E-state index in [9.17, 15) is 14.9 Å². The molecule has 0 bridgehead atoms. The molecule has 1 aliphatic heterocycles. The van der Waals surface area contributed by atoms with Gasteiger partial charge in [-0.3, -0.25) is 14.9 Å². The molecule has 1 aliphatic rings. The molecule has 0 saturated carbocycles. The van der Waals surface area contributed by atoms with E-state index in [0.29, 0.717) is 12.5 Å². The van der Waals surface area contributed by atoms with E-state index in [0.717, 1.165) is 19.5 Å². The molecule has 1 saturated heterocycles. The molecule has 1 atom stereocenters. The first kappa shape index (κ1) is 13.8. The molecule has 1 aromatic rings. The molecule has 6 nitrogen and oxygen atoms in total. The van der Waals surface area contributed by atoms with Crippen LogP contribution in [0, 0.1) is 16.0 Å². The van der Waals surface area contributed by atoms with Gasteiger partial charge in [0, 0.05) is 29.3 Å². The summed E-state index contributed by atoms with van der Waals surface area (Å²) in [5, 5.41) is 16.9. The highest BCUT2D eigenvalue weighted by molar-refractivity contribution is 6.31. The Morgan fingerprint density at radius 2 is 2.32 bits per heavy atom. The average Bonchev–Trinajstić information content (AvgIpc) is 2.88. The summed E-state index contributed by atoms with van der Waals surface area (Å²) in [4.78, 5) is 22.1. The minimum absolute atomic E-state index is 0.180. The number of nitro benzene ring substituents is 1. The summed E-state index contributed by atoms with van der Waals surface area (Å²) >= 11 is 5.77. The molecule has 19 heavy (non-hydrogen) atoms. The van der Waals surface area contributed by atoms with Gasteiger partial charge in [0.15, 0.2) is 0 Å².